The van der Waals surface area contributed by atoms with Gasteiger partial charge in [-0.25, -0.2) is 0 Å². The van der Waals surface area contributed by atoms with Gasteiger partial charge in [0.15, 0.2) is 0 Å². The fraction of sp³-hybridized carbons (Fsp3) is 0.818. The standard InChI is InChI=1S/C6H14.C3H6.C2H6/c1-5-6(2,3)4;1-3-2;1-2/h5H2,1-4H3;3H,1H2,2H3;1-2H3. The van der Waals surface area contributed by atoms with Crippen molar-refractivity contribution >= 4 is 0 Å². The Labute approximate surface area is 73.7 Å². The van der Waals surface area contributed by atoms with Gasteiger partial charge in [-0.05, 0) is 12.3 Å². The monoisotopic (exact) mass is 158 g/mol. The van der Waals surface area contributed by atoms with E-state index in [1.807, 2.05) is 20.8 Å². The van der Waals surface area contributed by atoms with Crippen LogP contribution in [0.15, 0.2) is 12.7 Å². The Morgan fingerprint density at radius 2 is 1.27 bits per heavy atom. The molecule has 0 aromatic carbocycles. The van der Waals surface area contributed by atoms with Crippen molar-refractivity contribution in [1.82, 2.24) is 0 Å². The van der Waals surface area contributed by atoms with Crippen LogP contribution in [0.1, 0.15) is 54.9 Å². The van der Waals surface area contributed by atoms with E-state index in [2.05, 4.69) is 34.3 Å². The molecule has 0 amide bonds. The third-order valence-electron chi connectivity index (χ3n) is 1.06. The molecule has 0 bridgehead atoms. The average Bonchev–Trinajstić information content (AvgIpc) is 1.93. The van der Waals surface area contributed by atoms with Crippen molar-refractivity contribution in [2.24, 2.45) is 5.41 Å². The molecule has 0 radical (unpaired) electrons. The summed E-state index contributed by atoms with van der Waals surface area (Å²) < 4.78 is 0. The number of hydrogen-bond acceptors (Lipinski definition) is 0. The molecule has 0 fully saturated rings. The smallest absolute Gasteiger partial charge is 0.0385 e. The molecule has 0 aromatic heterocycles. The van der Waals surface area contributed by atoms with Crippen LogP contribution in [0.3, 0.4) is 0 Å². The molecule has 0 aliphatic rings. The van der Waals surface area contributed by atoms with Gasteiger partial charge in [0.2, 0.25) is 0 Å². The van der Waals surface area contributed by atoms with Gasteiger partial charge in [-0.1, -0.05) is 54.0 Å². The van der Waals surface area contributed by atoms with E-state index >= 15 is 0 Å². The third-order valence-corrected chi connectivity index (χ3v) is 1.06. The first kappa shape index (κ1) is 17.0. The van der Waals surface area contributed by atoms with Gasteiger partial charge in [0.05, 0.1) is 0 Å². The summed E-state index contributed by atoms with van der Waals surface area (Å²) in [7, 11) is 0. The van der Waals surface area contributed by atoms with Crippen LogP contribution in [-0.2, 0) is 0 Å². The van der Waals surface area contributed by atoms with Gasteiger partial charge in [-0.2, -0.15) is 0 Å². The highest BCUT2D eigenvalue weighted by Crippen LogP contribution is 2.16. The second kappa shape index (κ2) is 12.4. The summed E-state index contributed by atoms with van der Waals surface area (Å²) in [5, 5.41) is 0. The minimum atomic E-state index is 0.542. The second-order valence-electron chi connectivity index (χ2n) is 3.32. The van der Waals surface area contributed by atoms with Crippen LogP contribution in [-0.4, -0.2) is 0 Å². The third kappa shape index (κ3) is 77.7. The SMILES string of the molecule is C=CC.CC.CCC(C)(C)C. The summed E-state index contributed by atoms with van der Waals surface area (Å²) in [6, 6.07) is 0. The Morgan fingerprint density at radius 3 is 1.27 bits per heavy atom. The zero-order valence-electron chi connectivity index (χ0n) is 9.49. The summed E-state index contributed by atoms with van der Waals surface area (Å²) in [5.74, 6) is 0. The van der Waals surface area contributed by atoms with Gasteiger partial charge in [0, 0.05) is 0 Å². The van der Waals surface area contributed by atoms with Gasteiger partial charge in [0.1, 0.15) is 0 Å². The van der Waals surface area contributed by atoms with E-state index in [0.717, 1.165) is 0 Å². The van der Waals surface area contributed by atoms with Gasteiger partial charge in [-0.15, -0.1) is 6.58 Å². The van der Waals surface area contributed by atoms with Crippen LogP contribution >= 0.6 is 0 Å². The molecule has 0 aromatic rings. The maximum Gasteiger partial charge on any atom is -0.0385 e. The summed E-state index contributed by atoms with van der Waals surface area (Å²) in [6.07, 6.45) is 3.02. The molecule has 0 saturated heterocycles. The summed E-state index contributed by atoms with van der Waals surface area (Å²) >= 11 is 0. The van der Waals surface area contributed by atoms with Crippen molar-refractivity contribution in [1.29, 1.82) is 0 Å². The maximum absolute atomic E-state index is 3.36. The van der Waals surface area contributed by atoms with Gasteiger partial charge in [-0.3, -0.25) is 0 Å². The first-order valence-corrected chi connectivity index (χ1v) is 4.55. The Bertz CT molecular complexity index is 54.9. The highest BCUT2D eigenvalue weighted by Gasteiger charge is 2.03. The van der Waals surface area contributed by atoms with Crippen LogP contribution in [0.5, 0.6) is 0 Å². The molecule has 0 nitrogen and oxygen atoms in total. The molecule has 0 aliphatic heterocycles. The zero-order valence-corrected chi connectivity index (χ0v) is 9.49. The average molecular weight is 158 g/mol. The molecule has 0 N–H and O–H groups in total. The van der Waals surface area contributed by atoms with E-state index in [9.17, 15) is 0 Å². The van der Waals surface area contributed by atoms with Crippen LogP contribution in [0, 0.1) is 5.41 Å². The van der Waals surface area contributed by atoms with Gasteiger partial charge >= 0.3 is 0 Å². The normalized spacial score (nSPS) is 8.27. The van der Waals surface area contributed by atoms with Crippen molar-refractivity contribution in [3.05, 3.63) is 12.7 Å². The van der Waals surface area contributed by atoms with Gasteiger partial charge < -0.3 is 0 Å². The first-order valence-electron chi connectivity index (χ1n) is 4.55. The first-order chi connectivity index (χ1) is 4.97. The Morgan fingerprint density at radius 1 is 1.18 bits per heavy atom. The number of hydrogen-bond donors (Lipinski definition) is 0. The van der Waals surface area contributed by atoms with Crippen molar-refractivity contribution in [3.8, 4) is 0 Å². The Hall–Kier alpha value is -0.260. The van der Waals surface area contributed by atoms with E-state index in [1.54, 1.807) is 6.08 Å². The molecular weight excluding hydrogens is 132 g/mol. The van der Waals surface area contributed by atoms with Crippen LogP contribution < -0.4 is 0 Å². The largest absolute Gasteiger partial charge is 0.103 e. The highest BCUT2D eigenvalue weighted by molar-refractivity contribution is 4.55. The predicted molar refractivity (Wildman–Crippen MR) is 57.0 cm³/mol. The van der Waals surface area contributed by atoms with E-state index in [1.165, 1.54) is 6.42 Å². The van der Waals surface area contributed by atoms with Crippen molar-refractivity contribution in [2.75, 3.05) is 0 Å². The van der Waals surface area contributed by atoms with Crippen molar-refractivity contribution in [3.63, 3.8) is 0 Å². The lowest BCUT2D eigenvalue weighted by molar-refractivity contribution is 0.398. The topological polar surface area (TPSA) is 0 Å². The summed E-state index contributed by atoms with van der Waals surface area (Å²) in [4.78, 5) is 0. The molecule has 0 saturated carbocycles. The van der Waals surface area contributed by atoms with Crippen LogP contribution in [0.4, 0.5) is 0 Å². The lowest BCUT2D eigenvalue weighted by atomic mass is 9.94. The maximum atomic E-state index is 3.36. The van der Waals surface area contributed by atoms with Crippen molar-refractivity contribution < 1.29 is 0 Å². The predicted octanol–water partition coefficient (Wildman–Crippen LogP) is 4.66. The van der Waals surface area contributed by atoms with Crippen LogP contribution in [0.2, 0.25) is 0 Å². The highest BCUT2D eigenvalue weighted by atomic mass is 14.1. The molecule has 0 spiro atoms. The molecule has 0 unspecified atom stereocenters. The molecule has 0 atom stereocenters. The zero-order chi connectivity index (χ0) is 9.91. The minimum Gasteiger partial charge on any atom is -0.103 e. The molecule has 0 heteroatoms. The van der Waals surface area contributed by atoms with Crippen LogP contribution in [0.25, 0.3) is 0 Å². The molecule has 0 aliphatic carbocycles. The van der Waals surface area contributed by atoms with E-state index in [0.29, 0.717) is 5.41 Å². The molecular formula is C11H26. The quantitative estimate of drug-likeness (QED) is 0.450. The second-order valence-corrected chi connectivity index (χ2v) is 3.32. The lowest BCUT2D eigenvalue weighted by Gasteiger charge is -2.12. The lowest BCUT2D eigenvalue weighted by Crippen LogP contribution is -2.00. The number of allylic oxidation sites excluding steroid dienone is 1. The summed E-state index contributed by atoms with van der Waals surface area (Å²) in [6.45, 7) is 18.2. The summed E-state index contributed by atoms with van der Waals surface area (Å²) in [5.41, 5.74) is 0.542. The minimum absolute atomic E-state index is 0.542. The fourth-order valence-electron chi connectivity index (χ4n) is 0. The van der Waals surface area contributed by atoms with E-state index in [-0.39, 0.29) is 0 Å². The van der Waals surface area contributed by atoms with E-state index in [4.69, 9.17) is 0 Å². The molecule has 0 rings (SSSR count). The fourth-order valence-corrected chi connectivity index (χ4v) is 0. The number of rotatable bonds is 0. The van der Waals surface area contributed by atoms with Crippen molar-refractivity contribution in [2.45, 2.75) is 54.9 Å². The Kier molecular flexibility index (Phi) is 19.2. The molecule has 0 heterocycles. The molecule has 70 valence electrons. The van der Waals surface area contributed by atoms with E-state index < -0.39 is 0 Å². The molecule has 11 heavy (non-hydrogen) atoms. The Balaban J connectivity index is -0.000000109. The van der Waals surface area contributed by atoms with Gasteiger partial charge in [0.25, 0.3) is 0 Å².